The Labute approximate surface area is 270 Å². The van der Waals surface area contributed by atoms with Crippen molar-refractivity contribution in [3.05, 3.63) is 136 Å². The predicted octanol–water partition coefficient (Wildman–Crippen LogP) is 8.64. The minimum absolute atomic E-state index is 0.0323. The van der Waals surface area contributed by atoms with Crippen molar-refractivity contribution in [2.75, 3.05) is 5.32 Å². The molecule has 0 unspecified atom stereocenters. The Bertz CT molecular complexity index is 1780. The fourth-order valence-electron chi connectivity index (χ4n) is 5.25. The first-order valence-electron chi connectivity index (χ1n) is 14.8. The molecule has 0 spiro atoms. The summed E-state index contributed by atoms with van der Waals surface area (Å²) in [6, 6.07) is 35.9. The molecule has 46 heavy (non-hydrogen) atoms. The molecule has 1 aliphatic rings. The molecule has 9 nitrogen and oxygen atoms in total. The van der Waals surface area contributed by atoms with Crippen LogP contribution in [-0.4, -0.2) is 29.1 Å². The van der Waals surface area contributed by atoms with E-state index in [0.29, 0.717) is 23.1 Å². The lowest BCUT2D eigenvalue weighted by Gasteiger charge is -2.29. The molecule has 0 heterocycles. The zero-order valence-corrected chi connectivity index (χ0v) is 25.6. The first-order chi connectivity index (χ1) is 22.5. The summed E-state index contributed by atoms with van der Waals surface area (Å²) in [5.41, 5.74) is 0.665. The Morgan fingerprint density at radius 1 is 0.696 bits per heavy atom. The number of para-hydroxylation sites is 1. The van der Waals surface area contributed by atoms with Gasteiger partial charge in [0.25, 0.3) is 5.91 Å². The van der Waals surface area contributed by atoms with Gasteiger partial charge in [-0.3, -0.25) is 9.52 Å². The molecule has 5 aromatic carbocycles. The molecule has 1 saturated carbocycles. The van der Waals surface area contributed by atoms with Crippen LogP contribution in [0.25, 0.3) is 10.8 Å². The average Bonchev–Trinajstić information content (AvgIpc) is 3.10. The number of anilines is 1. The number of amides is 1. The number of carboxylic acids is 1. The Balaban J connectivity index is 0.00000204. The van der Waals surface area contributed by atoms with E-state index < -0.39 is 11.9 Å². The second-order valence-corrected chi connectivity index (χ2v) is 11.6. The number of fused-ring (bicyclic) bond motifs is 1. The number of carbonyl (C=O) groups excluding carboxylic acids is 1. The van der Waals surface area contributed by atoms with Gasteiger partial charge in [-0.15, -0.1) is 0 Å². The molecule has 0 atom stereocenters. The van der Waals surface area contributed by atoms with Crippen LogP contribution in [0.15, 0.2) is 120 Å². The van der Waals surface area contributed by atoms with E-state index in [2.05, 4.69) is 40.4 Å². The van der Waals surface area contributed by atoms with Gasteiger partial charge in [0.15, 0.2) is 0 Å². The average molecular weight is 637 g/mol. The third-order valence-corrected chi connectivity index (χ3v) is 8.56. The highest BCUT2D eigenvalue weighted by molar-refractivity contribution is 7.97. The molecule has 6 rings (SSSR count). The van der Waals surface area contributed by atoms with Gasteiger partial charge >= 0.3 is 5.97 Å². The predicted molar refractivity (Wildman–Crippen MR) is 181 cm³/mol. The van der Waals surface area contributed by atoms with Crippen molar-refractivity contribution in [1.29, 1.82) is 0 Å². The van der Waals surface area contributed by atoms with E-state index in [1.54, 1.807) is 54.4 Å². The summed E-state index contributed by atoms with van der Waals surface area (Å²) in [6.45, 7) is 0. The summed E-state index contributed by atoms with van der Waals surface area (Å²) in [5, 5.41) is 14.1. The van der Waals surface area contributed by atoms with Crippen LogP contribution in [0.5, 0.6) is 17.2 Å². The normalized spacial score (nSPS) is 15.7. The minimum atomic E-state index is -1.10. The lowest BCUT2D eigenvalue weighted by molar-refractivity contribution is 0.0698. The van der Waals surface area contributed by atoms with Crippen molar-refractivity contribution >= 4 is 40.3 Å². The maximum atomic E-state index is 12.7. The van der Waals surface area contributed by atoms with Crippen molar-refractivity contribution in [2.45, 2.75) is 42.7 Å². The SMILES string of the molecule is O=C(Nc1ccccc1C(=O)O)c1ccc(Oc2ccc3cc(OC4CCC(NSc5ccccc5)CC4)ccc3c2)cc1.O=O. The summed E-state index contributed by atoms with van der Waals surface area (Å²) in [7, 11) is 0. The van der Waals surface area contributed by atoms with E-state index in [1.165, 1.54) is 11.0 Å². The molecule has 3 N–H and O–H groups in total. The molecule has 5 aromatic rings. The van der Waals surface area contributed by atoms with Gasteiger partial charge in [0, 0.05) is 26.4 Å². The third kappa shape index (κ3) is 8.50. The molecular formula is C36H32N2O7S. The Morgan fingerprint density at radius 3 is 2.00 bits per heavy atom. The van der Waals surface area contributed by atoms with E-state index in [1.807, 2.05) is 36.4 Å². The third-order valence-electron chi connectivity index (χ3n) is 7.60. The molecular weight excluding hydrogens is 604 g/mol. The van der Waals surface area contributed by atoms with Crippen LogP contribution in [0.3, 0.4) is 0 Å². The van der Waals surface area contributed by atoms with Crippen LogP contribution >= 0.6 is 11.9 Å². The first-order valence-corrected chi connectivity index (χ1v) is 15.6. The highest BCUT2D eigenvalue weighted by Crippen LogP contribution is 2.31. The van der Waals surface area contributed by atoms with Gasteiger partial charge in [0.2, 0.25) is 0 Å². The standard InChI is InChI=1S/C36H32N2O5S.O2/c39-35(37-34-9-5-4-8-33(34)36(40)41)24-10-16-28(17-11-24)42-30-18-12-26-23-31(19-13-25(26)22-30)43-29-20-14-27(15-21-29)38-44-32-6-2-1-3-7-32;1-2/h1-13,16-19,22-23,27,29,38H,14-15,20-21H2,(H,37,39)(H,40,41);. The van der Waals surface area contributed by atoms with Gasteiger partial charge in [-0.1, -0.05) is 42.5 Å². The van der Waals surface area contributed by atoms with Gasteiger partial charge in [0.1, 0.15) is 17.2 Å². The first kappa shape index (κ1) is 32.2. The fourth-order valence-corrected chi connectivity index (χ4v) is 6.08. The molecule has 1 aliphatic carbocycles. The Morgan fingerprint density at radius 2 is 1.30 bits per heavy atom. The van der Waals surface area contributed by atoms with Crippen molar-refractivity contribution in [3.8, 4) is 17.2 Å². The van der Waals surface area contributed by atoms with Crippen LogP contribution in [0.4, 0.5) is 5.69 Å². The maximum absolute atomic E-state index is 12.7. The fraction of sp³-hybridized carbons (Fsp3) is 0.167. The highest BCUT2D eigenvalue weighted by atomic mass is 32.2. The number of benzene rings is 5. The van der Waals surface area contributed by atoms with E-state index in [0.717, 1.165) is 42.2 Å². The molecule has 0 saturated heterocycles. The van der Waals surface area contributed by atoms with Crippen LogP contribution in [-0.2, 0) is 0 Å². The van der Waals surface area contributed by atoms with Gasteiger partial charge in [-0.05, 0) is 121 Å². The van der Waals surface area contributed by atoms with E-state index >= 15 is 0 Å². The number of aromatic carboxylic acids is 1. The minimum Gasteiger partial charge on any atom is -0.490 e. The number of hydrogen-bond donors (Lipinski definition) is 3. The summed E-state index contributed by atoms with van der Waals surface area (Å²) in [5.74, 6) is 0.632. The molecule has 234 valence electrons. The molecule has 10 heteroatoms. The number of nitrogens with one attached hydrogen (secondary N) is 2. The molecule has 0 aliphatic heterocycles. The van der Waals surface area contributed by atoms with E-state index in [9.17, 15) is 14.7 Å². The molecule has 1 amide bonds. The lowest BCUT2D eigenvalue weighted by Crippen LogP contribution is -2.33. The van der Waals surface area contributed by atoms with E-state index in [4.69, 9.17) is 19.4 Å². The summed E-state index contributed by atoms with van der Waals surface area (Å²) >= 11 is 1.70. The molecule has 1 fully saturated rings. The second-order valence-electron chi connectivity index (χ2n) is 10.7. The second kappa shape index (κ2) is 15.7. The van der Waals surface area contributed by atoms with Crippen molar-refractivity contribution in [2.24, 2.45) is 0 Å². The highest BCUT2D eigenvalue weighted by Gasteiger charge is 2.22. The number of carbonyl (C=O) groups is 2. The number of rotatable bonds is 10. The number of ether oxygens (including phenoxy) is 2. The number of hydrogen-bond acceptors (Lipinski definition) is 8. The smallest absolute Gasteiger partial charge is 0.337 e. The zero-order chi connectivity index (χ0) is 32.3. The lowest BCUT2D eigenvalue weighted by atomic mass is 9.93. The van der Waals surface area contributed by atoms with Crippen LogP contribution in [0.1, 0.15) is 46.4 Å². The van der Waals surface area contributed by atoms with Crippen LogP contribution in [0.2, 0.25) is 0 Å². The van der Waals surface area contributed by atoms with Gasteiger partial charge in [-0.2, -0.15) is 0 Å². The van der Waals surface area contributed by atoms with Crippen LogP contribution < -0.4 is 19.5 Å². The molecule has 0 radical (unpaired) electrons. The summed E-state index contributed by atoms with van der Waals surface area (Å²) in [4.78, 5) is 39.3. The number of carboxylic acid groups (broad SMARTS) is 1. The van der Waals surface area contributed by atoms with Gasteiger partial charge in [-0.25, -0.2) is 4.79 Å². The maximum Gasteiger partial charge on any atom is 0.337 e. The quantitative estimate of drug-likeness (QED) is 0.129. The monoisotopic (exact) mass is 636 g/mol. The zero-order valence-electron chi connectivity index (χ0n) is 24.8. The largest absolute Gasteiger partial charge is 0.490 e. The molecule has 0 bridgehead atoms. The van der Waals surface area contributed by atoms with Gasteiger partial charge < -0.3 is 19.9 Å². The topological polar surface area (TPSA) is 131 Å². The van der Waals surface area contributed by atoms with Gasteiger partial charge in [0.05, 0.1) is 17.4 Å². The van der Waals surface area contributed by atoms with Crippen molar-refractivity contribution in [1.82, 2.24) is 4.72 Å². The van der Waals surface area contributed by atoms with Crippen molar-refractivity contribution < 1.29 is 24.2 Å². The van der Waals surface area contributed by atoms with Crippen molar-refractivity contribution in [3.63, 3.8) is 0 Å². The summed E-state index contributed by atoms with van der Waals surface area (Å²) < 4.78 is 16.0. The van der Waals surface area contributed by atoms with E-state index in [-0.39, 0.29) is 17.4 Å². The molecule has 0 aromatic heterocycles. The summed E-state index contributed by atoms with van der Waals surface area (Å²) in [6.07, 6.45) is 4.43. The Hall–Kier alpha value is -5.19. The van der Waals surface area contributed by atoms with Crippen LogP contribution in [0, 0.1) is 9.93 Å². The Kier molecular flexibility index (Phi) is 11.0.